The molecule has 29 heavy (non-hydrogen) atoms. The average Bonchev–Trinajstić information content (AvgIpc) is 2.65. The summed E-state index contributed by atoms with van der Waals surface area (Å²) in [4.78, 5) is 41.4. The lowest BCUT2D eigenvalue weighted by Gasteiger charge is -2.11. The summed E-state index contributed by atoms with van der Waals surface area (Å²) in [5.74, 6) is 0.0418. The van der Waals surface area contributed by atoms with Gasteiger partial charge in [0, 0.05) is 21.6 Å². The second kappa shape index (κ2) is 8.29. The van der Waals surface area contributed by atoms with Crippen LogP contribution < -0.4 is 16.8 Å². The number of hydrogen-bond acceptors (Lipinski definition) is 6. The number of aromatic amines is 2. The molecule has 0 bridgehead atoms. The van der Waals surface area contributed by atoms with Crippen LogP contribution in [-0.4, -0.2) is 19.7 Å². The molecule has 0 aliphatic rings. The van der Waals surface area contributed by atoms with E-state index < -0.39 is 16.9 Å². The van der Waals surface area contributed by atoms with Gasteiger partial charge >= 0.3 is 5.69 Å². The zero-order chi connectivity index (χ0) is 21.3. The van der Waals surface area contributed by atoms with Gasteiger partial charge in [0.15, 0.2) is 0 Å². The van der Waals surface area contributed by atoms with E-state index in [9.17, 15) is 14.4 Å². The number of hydrogen-bond donors (Lipinski definition) is 2. The third kappa shape index (κ3) is 4.29. The van der Waals surface area contributed by atoms with E-state index in [-0.39, 0.29) is 27.2 Å². The van der Waals surface area contributed by atoms with Crippen molar-refractivity contribution >= 4 is 35.0 Å². The lowest BCUT2D eigenvalue weighted by molar-refractivity contribution is 0.740. The largest absolute Gasteiger partial charge is 0.349 e. The zero-order valence-electron chi connectivity index (χ0n) is 15.1. The van der Waals surface area contributed by atoms with E-state index >= 15 is 0 Å². The molecule has 0 fully saturated rings. The van der Waals surface area contributed by atoms with Crippen LogP contribution in [0.25, 0.3) is 5.69 Å². The Morgan fingerprint density at radius 3 is 2.38 bits per heavy atom. The maximum absolute atomic E-state index is 12.1. The third-order valence-corrected chi connectivity index (χ3v) is 5.84. The van der Waals surface area contributed by atoms with Crippen molar-refractivity contribution in [2.24, 2.45) is 0 Å². The van der Waals surface area contributed by atoms with Crippen LogP contribution in [0.15, 0.2) is 48.6 Å². The minimum absolute atomic E-state index is 0.0418. The van der Waals surface area contributed by atoms with Crippen LogP contribution in [0.4, 0.5) is 0 Å². The predicted molar refractivity (Wildman–Crippen MR) is 110 cm³/mol. The van der Waals surface area contributed by atoms with Gasteiger partial charge in [0.25, 0.3) is 11.1 Å². The highest BCUT2D eigenvalue weighted by molar-refractivity contribution is 7.99. The number of nitriles is 1. The van der Waals surface area contributed by atoms with Gasteiger partial charge in [0.2, 0.25) is 5.69 Å². The van der Waals surface area contributed by atoms with E-state index in [1.165, 1.54) is 23.9 Å². The Hall–Kier alpha value is -2.80. The lowest BCUT2D eigenvalue weighted by Crippen LogP contribution is -2.33. The number of H-pyrrole nitrogens is 2. The summed E-state index contributed by atoms with van der Waals surface area (Å²) >= 11 is 14.0. The van der Waals surface area contributed by atoms with Gasteiger partial charge in [-0.25, -0.2) is 4.79 Å². The third-order valence-electron chi connectivity index (χ3n) is 3.91. The van der Waals surface area contributed by atoms with E-state index in [2.05, 4.69) is 10.1 Å². The standard InChI is InChI=1S/C18H13Cl2N5O3S/c1-8(2)11-5-10(7-22-16(11)26)29-15-12(19)3-9(4-13(15)20)25-18(28)23-17(27)14(6-21)24-25/h3-5,7-8H,1-2H3,(H,22,26)(H,23,27,28). The normalized spacial score (nSPS) is 10.9. The molecule has 0 aliphatic carbocycles. The molecule has 3 aromatic rings. The van der Waals surface area contributed by atoms with Gasteiger partial charge in [0.05, 0.1) is 15.7 Å². The van der Waals surface area contributed by atoms with Crippen LogP contribution in [0.5, 0.6) is 0 Å². The quantitative estimate of drug-likeness (QED) is 0.630. The fraction of sp³-hybridized carbons (Fsp3) is 0.167. The lowest BCUT2D eigenvalue weighted by atomic mass is 10.1. The first-order valence-electron chi connectivity index (χ1n) is 8.25. The summed E-state index contributed by atoms with van der Waals surface area (Å²) < 4.78 is 0.836. The van der Waals surface area contributed by atoms with Crippen molar-refractivity contribution in [3.63, 3.8) is 0 Å². The Labute approximate surface area is 178 Å². The first-order chi connectivity index (χ1) is 13.7. The van der Waals surface area contributed by atoms with Crippen molar-refractivity contribution in [3.8, 4) is 11.8 Å². The van der Waals surface area contributed by atoms with E-state index in [1.807, 2.05) is 18.8 Å². The van der Waals surface area contributed by atoms with Crippen LogP contribution in [0.3, 0.4) is 0 Å². The summed E-state index contributed by atoms with van der Waals surface area (Å²) in [6, 6.07) is 6.26. The van der Waals surface area contributed by atoms with Crippen LogP contribution >= 0.6 is 35.0 Å². The summed E-state index contributed by atoms with van der Waals surface area (Å²) in [6.07, 6.45) is 1.56. The second-order valence-corrected chi connectivity index (χ2v) is 8.14. The van der Waals surface area contributed by atoms with Crippen molar-refractivity contribution in [1.29, 1.82) is 5.26 Å². The van der Waals surface area contributed by atoms with Gasteiger partial charge in [-0.2, -0.15) is 9.94 Å². The van der Waals surface area contributed by atoms with Crippen LogP contribution in [0.1, 0.15) is 31.0 Å². The summed E-state index contributed by atoms with van der Waals surface area (Å²) in [5, 5.41) is 13.1. The molecule has 1 aromatic carbocycles. The maximum Gasteiger partial charge on any atom is 0.349 e. The molecule has 2 N–H and O–H groups in total. The smallest absolute Gasteiger partial charge is 0.328 e. The molecule has 11 heteroatoms. The Kier molecular flexibility index (Phi) is 5.98. The number of rotatable bonds is 4. The number of benzene rings is 1. The monoisotopic (exact) mass is 449 g/mol. The molecule has 0 unspecified atom stereocenters. The topological polar surface area (TPSA) is 124 Å². The minimum Gasteiger partial charge on any atom is -0.328 e. The molecular weight excluding hydrogens is 437 g/mol. The fourth-order valence-corrected chi connectivity index (χ4v) is 4.06. The van der Waals surface area contributed by atoms with E-state index in [4.69, 9.17) is 28.5 Å². The molecule has 3 rings (SSSR count). The molecule has 0 atom stereocenters. The second-order valence-electron chi connectivity index (χ2n) is 6.25. The molecule has 0 spiro atoms. The zero-order valence-corrected chi connectivity index (χ0v) is 17.4. The van der Waals surface area contributed by atoms with Gasteiger partial charge in [0.1, 0.15) is 6.07 Å². The summed E-state index contributed by atoms with van der Waals surface area (Å²) in [7, 11) is 0. The Balaban J connectivity index is 2.05. The highest BCUT2D eigenvalue weighted by Crippen LogP contribution is 2.40. The van der Waals surface area contributed by atoms with Crippen molar-refractivity contribution < 1.29 is 0 Å². The van der Waals surface area contributed by atoms with Crippen LogP contribution in [-0.2, 0) is 0 Å². The molecule has 8 nitrogen and oxygen atoms in total. The molecule has 0 saturated carbocycles. The summed E-state index contributed by atoms with van der Waals surface area (Å²) in [5.41, 5.74) is -1.52. The number of pyridine rings is 1. The minimum atomic E-state index is -0.878. The van der Waals surface area contributed by atoms with E-state index in [0.717, 1.165) is 9.58 Å². The van der Waals surface area contributed by atoms with Crippen molar-refractivity contribution in [2.45, 2.75) is 29.6 Å². The molecule has 148 valence electrons. The van der Waals surface area contributed by atoms with Crippen LogP contribution in [0.2, 0.25) is 10.0 Å². The maximum atomic E-state index is 12.1. The molecule has 0 saturated heterocycles. The van der Waals surface area contributed by atoms with Gasteiger partial charge < -0.3 is 4.98 Å². The fourth-order valence-electron chi connectivity index (χ4n) is 2.50. The van der Waals surface area contributed by atoms with Crippen LogP contribution in [0, 0.1) is 11.3 Å². The van der Waals surface area contributed by atoms with E-state index in [1.54, 1.807) is 18.3 Å². The molecule has 0 amide bonds. The van der Waals surface area contributed by atoms with E-state index in [0.29, 0.717) is 10.5 Å². The summed E-state index contributed by atoms with van der Waals surface area (Å²) in [6.45, 7) is 3.83. The molecule has 2 heterocycles. The molecular formula is C18H13Cl2N5O3S. The number of nitrogens with one attached hydrogen (secondary N) is 2. The van der Waals surface area contributed by atoms with Crippen molar-refractivity contribution in [3.05, 3.63) is 76.9 Å². The van der Waals surface area contributed by atoms with Gasteiger partial charge in [-0.1, -0.05) is 48.8 Å². The van der Waals surface area contributed by atoms with Gasteiger partial charge in [-0.15, -0.1) is 5.10 Å². The SMILES string of the molecule is CC(C)c1cc(Sc2c(Cl)cc(-n3nc(C#N)c(=O)[nH]c3=O)cc2Cl)c[nH]c1=O. The number of nitrogens with zero attached hydrogens (tertiary/aromatic N) is 3. The van der Waals surface area contributed by atoms with Gasteiger partial charge in [-0.05, 0) is 24.1 Å². The molecule has 0 radical (unpaired) electrons. The van der Waals surface area contributed by atoms with Crippen molar-refractivity contribution in [2.75, 3.05) is 0 Å². The first kappa shape index (κ1) is 20.9. The predicted octanol–water partition coefficient (Wildman–Crippen LogP) is 3.06. The highest BCUT2D eigenvalue weighted by atomic mass is 35.5. The molecule has 2 aromatic heterocycles. The van der Waals surface area contributed by atoms with Crippen molar-refractivity contribution in [1.82, 2.24) is 19.7 Å². The molecule has 0 aliphatic heterocycles. The highest BCUT2D eigenvalue weighted by Gasteiger charge is 2.15. The first-order valence-corrected chi connectivity index (χ1v) is 9.82. The Bertz CT molecular complexity index is 1300. The Morgan fingerprint density at radius 1 is 1.14 bits per heavy atom. The average molecular weight is 450 g/mol. The number of aromatic nitrogens is 4. The van der Waals surface area contributed by atoms with Gasteiger partial charge in [-0.3, -0.25) is 14.6 Å². The Morgan fingerprint density at radius 2 is 1.79 bits per heavy atom. The number of halogens is 2.